The summed E-state index contributed by atoms with van der Waals surface area (Å²) in [5.41, 5.74) is 16.4. The van der Waals surface area contributed by atoms with Crippen molar-refractivity contribution in [1.29, 1.82) is 0 Å². The molecule has 0 amide bonds. The maximum absolute atomic E-state index is 5.78. The van der Waals surface area contributed by atoms with Crippen molar-refractivity contribution in [1.82, 2.24) is 24.5 Å². The van der Waals surface area contributed by atoms with E-state index in [9.17, 15) is 0 Å². The number of aromatic amines is 1. The summed E-state index contributed by atoms with van der Waals surface area (Å²) in [4.78, 5) is 18.1. The van der Waals surface area contributed by atoms with Crippen LogP contribution in [-0.2, 0) is 0 Å². The first-order valence-electron chi connectivity index (χ1n) is 19.5. The van der Waals surface area contributed by atoms with Crippen molar-refractivity contribution in [2.75, 3.05) is 0 Å². The van der Waals surface area contributed by atoms with Crippen LogP contribution in [0.2, 0.25) is 5.02 Å². The van der Waals surface area contributed by atoms with Crippen molar-refractivity contribution in [3.63, 3.8) is 0 Å². The summed E-state index contributed by atoms with van der Waals surface area (Å²) >= 11 is 5.78. The van der Waals surface area contributed by atoms with Gasteiger partial charge < -0.3 is 9.55 Å². The number of nitrogens with one attached hydrogen (secondary N) is 1. The molecule has 59 heavy (non-hydrogen) atoms. The zero-order chi connectivity index (χ0) is 39.5. The second-order valence-electron chi connectivity index (χ2n) is 14.3. The molecule has 0 radical (unpaired) electrons. The van der Waals surface area contributed by atoms with Crippen LogP contribution < -0.4 is 0 Å². The van der Waals surface area contributed by atoms with Crippen LogP contribution in [0.3, 0.4) is 0 Å². The molecule has 0 unspecified atom stereocenters. The van der Waals surface area contributed by atoms with Crippen LogP contribution in [0.5, 0.6) is 0 Å². The van der Waals surface area contributed by atoms with E-state index in [1.807, 2.05) is 30.3 Å². The first-order chi connectivity index (χ1) is 29.1. The molecule has 6 heterocycles. The summed E-state index contributed by atoms with van der Waals surface area (Å²) in [6.07, 6.45) is 10.2. The van der Waals surface area contributed by atoms with Gasteiger partial charge in [-0.2, -0.15) is 0 Å². The molecule has 0 saturated heterocycles. The van der Waals surface area contributed by atoms with Crippen molar-refractivity contribution in [3.05, 3.63) is 216 Å². The van der Waals surface area contributed by atoms with Gasteiger partial charge in [-0.05, 0) is 102 Å². The largest absolute Gasteiger partial charge is 0.355 e. The minimum absolute atomic E-state index is 0.733. The van der Waals surface area contributed by atoms with Crippen LogP contribution in [0.1, 0.15) is 22.8 Å². The number of nitrogens with zero attached hydrogens (tertiary/aromatic N) is 4. The van der Waals surface area contributed by atoms with E-state index in [0.717, 1.165) is 99.8 Å². The molecule has 9 aromatic rings. The number of fused-ring (bicyclic) bond motifs is 9. The van der Waals surface area contributed by atoms with Gasteiger partial charge in [-0.15, -0.1) is 0 Å². The number of hydrogen-bond acceptors (Lipinski definition) is 3. The molecular weight excluding hydrogens is 742 g/mol. The van der Waals surface area contributed by atoms with Crippen LogP contribution in [0, 0.1) is 0 Å². The number of aromatic nitrogens is 5. The number of benzene rings is 5. The van der Waals surface area contributed by atoms with Gasteiger partial charge >= 0.3 is 0 Å². The quantitative estimate of drug-likeness (QED) is 0.194. The molecule has 1 N–H and O–H groups in total. The lowest BCUT2D eigenvalue weighted by atomic mass is 9.93. The number of para-hydroxylation sites is 1. The van der Waals surface area contributed by atoms with Crippen LogP contribution in [0.25, 0.3) is 96.3 Å². The fourth-order valence-electron chi connectivity index (χ4n) is 7.85. The highest BCUT2D eigenvalue weighted by Gasteiger charge is 2.25. The highest BCUT2D eigenvalue weighted by atomic mass is 35.5. The monoisotopic (exact) mass is 777 g/mol. The van der Waals surface area contributed by atoms with Crippen LogP contribution in [0.4, 0.5) is 0 Å². The molecule has 4 aromatic heterocycles. The van der Waals surface area contributed by atoms with E-state index in [2.05, 4.69) is 190 Å². The first-order valence-corrected chi connectivity index (χ1v) is 19.9. The van der Waals surface area contributed by atoms with E-state index < -0.39 is 0 Å². The minimum atomic E-state index is 0.733. The third-order valence-corrected chi connectivity index (χ3v) is 10.7. The van der Waals surface area contributed by atoms with Gasteiger partial charge in [0.25, 0.3) is 0 Å². The fraction of sp³-hybridized carbons (Fsp3) is 0. The minimum Gasteiger partial charge on any atom is -0.355 e. The second kappa shape index (κ2) is 15.7. The number of halogens is 1. The molecule has 0 spiro atoms. The molecule has 8 bridgehead atoms. The van der Waals surface area contributed by atoms with Gasteiger partial charge in [0.2, 0.25) is 0 Å². The van der Waals surface area contributed by atoms with E-state index in [-0.39, 0.29) is 0 Å². The summed E-state index contributed by atoms with van der Waals surface area (Å²) < 4.78 is 2.41. The summed E-state index contributed by atoms with van der Waals surface area (Å²) in [7, 11) is 0. The Balaban J connectivity index is 0.000000330. The molecule has 0 fully saturated rings. The third-order valence-electron chi connectivity index (χ3n) is 10.4. The van der Waals surface area contributed by atoms with Crippen molar-refractivity contribution in [2.45, 2.75) is 0 Å². The van der Waals surface area contributed by atoms with Crippen molar-refractivity contribution in [2.24, 2.45) is 0 Å². The van der Waals surface area contributed by atoms with E-state index >= 15 is 0 Å². The molecule has 5 nitrogen and oxygen atoms in total. The standard InChI is InChI=1S/C44H30N4.C9H6ClN/c1-5-13-30(14-6-1)41-39-26-25-36(47-39)28-35-22-21-33(45-35)27-34-23-24-37(46-34)29-40-42(31-15-7-2-8-16-31)43(32-17-9-3-10-18-32)44(41)48(40)38-19-11-4-12-20-38;10-8-4-3-7-2-1-5-11-9(7)6-8/h1-29,45H;1-6H. The highest BCUT2D eigenvalue weighted by molar-refractivity contribution is 6.31. The fourth-order valence-corrected chi connectivity index (χ4v) is 8.02. The third kappa shape index (κ3) is 7.27. The van der Waals surface area contributed by atoms with Gasteiger partial charge in [0.1, 0.15) is 0 Å². The summed E-state index contributed by atoms with van der Waals surface area (Å²) in [5.74, 6) is 0. The number of H-pyrrole nitrogens is 1. The Morgan fingerprint density at radius 1 is 0.458 bits per heavy atom. The Labute approximate surface area is 347 Å². The molecule has 280 valence electrons. The van der Waals surface area contributed by atoms with E-state index in [1.54, 1.807) is 6.20 Å². The molecule has 2 aliphatic heterocycles. The van der Waals surface area contributed by atoms with Crippen molar-refractivity contribution in [3.8, 4) is 39.1 Å². The maximum Gasteiger partial charge on any atom is 0.0737 e. The molecule has 2 aliphatic rings. The van der Waals surface area contributed by atoms with Gasteiger partial charge in [-0.1, -0.05) is 133 Å². The molecule has 0 aliphatic carbocycles. The van der Waals surface area contributed by atoms with Crippen LogP contribution >= 0.6 is 11.6 Å². The van der Waals surface area contributed by atoms with Gasteiger partial charge in [-0.25, -0.2) is 9.97 Å². The lowest BCUT2D eigenvalue weighted by Gasteiger charge is -2.13. The number of pyridine rings is 1. The van der Waals surface area contributed by atoms with Gasteiger partial charge in [0, 0.05) is 50.0 Å². The Morgan fingerprint density at radius 2 is 1.02 bits per heavy atom. The zero-order valence-corrected chi connectivity index (χ0v) is 32.6. The van der Waals surface area contributed by atoms with Crippen molar-refractivity contribution >= 4 is 68.9 Å². The topological polar surface area (TPSA) is 59.4 Å². The van der Waals surface area contributed by atoms with Crippen LogP contribution in [-0.4, -0.2) is 24.5 Å². The highest BCUT2D eigenvalue weighted by Crippen LogP contribution is 2.47. The Kier molecular flexibility index (Phi) is 9.55. The SMILES string of the molecule is C1=Cc2cc3c(-c4ccccc4)c(-c4ccccc4)c(c(-c4ccccc4)c4nc(cc5ccc(cc1n2)[nH]5)C=C4)n3-c1ccccc1.Clc1ccc2cccnc2c1. The van der Waals surface area contributed by atoms with Gasteiger partial charge in [0.05, 0.1) is 39.3 Å². The molecule has 11 rings (SSSR count). The predicted molar refractivity (Wildman–Crippen MR) is 247 cm³/mol. The van der Waals surface area contributed by atoms with E-state index in [1.165, 1.54) is 0 Å². The normalized spacial score (nSPS) is 11.7. The molecule has 0 saturated carbocycles. The molecule has 5 aromatic carbocycles. The Bertz CT molecular complexity index is 3200. The number of rotatable bonds is 4. The Hall–Kier alpha value is -7.60. The average Bonchev–Trinajstić information content (AvgIpc) is 4.10. The van der Waals surface area contributed by atoms with Gasteiger partial charge in [0.15, 0.2) is 0 Å². The molecule has 0 atom stereocenters. The Morgan fingerprint density at radius 3 is 1.68 bits per heavy atom. The summed E-state index contributed by atoms with van der Waals surface area (Å²) in [6, 6.07) is 62.9. The number of hydrogen-bond donors (Lipinski definition) is 1. The van der Waals surface area contributed by atoms with Crippen LogP contribution in [0.15, 0.2) is 188 Å². The second-order valence-corrected chi connectivity index (χ2v) is 14.8. The van der Waals surface area contributed by atoms with Gasteiger partial charge in [-0.3, -0.25) is 4.98 Å². The average molecular weight is 778 g/mol. The molecule has 6 heteroatoms. The zero-order valence-electron chi connectivity index (χ0n) is 31.9. The van der Waals surface area contributed by atoms with E-state index in [0.29, 0.717) is 0 Å². The predicted octanol–water partition coefficient (Wildman–Crippen LogP) is 14.0. The summed E-state index contributed by atoms with van der Waals surface area (Å²) in [5, 5.41) is 1.85. The molecular formula is C53H36ClN5. The lowest BCUT2D eigenvalue weighted by molar-refractivity contribution is 1.17. The van der Waals surface area contributed by atoms with E-state index in [4.69, 9.17) is 21.6 Å². The lowest BCUT2D eigenvalue weighted by Crippen LogP contribution is -1.97. The van der Waals surface area contributed by atoms with Crippen molar-refractivity contribution < 1.29 is 0 Å². The summed E-state index contributed by atoms with van der Waals surface area (Å²) in [6.45, 7) is 0. The first kappa shape index (κ1) is 35.8. The smallest absolute Gasteiger partial charge is 0.0737 e. The maximum atomic E-state index is 5.78.